The minimum atomic E-state index is -0.120. The summed E-state index contributed by atoms with van der Waals surface area (Å²) in [4.78, 5) is 0. The first-order valence-corrected chi connectivity index (χ1v) is 21.3. The van der Waals surface area contributed by atoms with Gasteiger partial charge in [0, 0.05) is 0 Å². The molecule has 1 heteroatoms. The van der Waals surface area contributed by atoms with E-state index in [-0.39, 0.29) is 5.82 Å². The first kappa shape index (κ1) is 50.0. The lowest BCUT2D eigenvalue weighted by Crippen LogP contribution is -2.01. The fourth-order valence-electron chi connectivity index (χ4n) is 6.08. The maximum Gasteiger partial charge on any atom is 0.123 e. The monoisotopic (exact) mass is 759 g/mol. The zero-order chi connectivity index (χ0) is 42.2. The number of hydrogen-bond acceptors (Lipinski definition) is 0. The maximum absolute atomic E-state index is 12.9. The van der Waals surface area contributed by atoms with Crippen LogP contribution in [0.3, 0.4) is 0 Å². The van der Waals surface area contributed by atoms with E-state index in [1.807, 2.05) is 13.0 Å². The molecule has 5 aromatic rings. The van der Waals surface area contributed by atoms with Gasteiger partial charge in [-0.1, -0.05) is 209 Å². The van der Waals surface area contributed by atoms with Crippen LogP contribution in [0.4, 0.5) is 4.39 Å². The maximum atomic E-state index is 12.9. The number of hydrogen-bond donors (Lipinski definition) is 0. The van der Waals surface area contributed by atoms with Gasteiger partial charge in [0.25, 0.3) is 0 Å². The molecule has 0 radical (unpaired) electrons. The van der Waals surface area contributed by atoms with Crippen molar-refractivity contribution in [3.8, 4) is 0 Å². The first-order chi connectivity index (χ1) is 26.4. The van der Waals surface area contributed by atoms with Crippen molar-refractivity contribution in [1.82, 2.24) is 0 Å². The molecule has 0 saturated carbocycles. The van der Waals surface area contributed by atoms with Crippen molar-refractivity contribution in [1.29, 1.82) is 0 Å². The number of rotatable bonds is 10. The van der Waals surface area contributed by atoms with Crippen molar-refractivity contribution in [2.45, 2.75) is 135 Å². The minimum Gasteiger partial charge on any atom is -0.207 e. The van der Waals surface area contributed by atoms with Gasteiger partial charge in [-0.25, -0.2) is 4.39 Å². The van der Waals surface area contributed by atoms with Crippen molar-refractivity contribution in [3.63, 3.8) is 0 Å². The van der Waals surface area contributed by atoms with Crippen LogP contribution in [0.2, 0.25) is 0 Å². The summed E-state index contributed by atoms with van der Waals surface area (Å²) >= 11 is 0. The van der Waals surface area contributed by atoms with Gasteiger partial charge in [0.2, 0.25) is 0 Å². The molecule has 56 heavy (non-hydrogen) atoms. The van der Waals surface area contributed by atoms with E-state index in [0.717, 1.165) is 41.2 Å². The largest absolute Gasteiger partial charge is 0.207 e. The Hall–Kier alpha value is -3.97. The van der Waals surface area contributed by atoms with Crippen LogP contribution in [-0.4, -0.2) is 0 Å². The normalized spacial score (nSPS) is 11.7. The highest BCUT2D eigenvalue weighted by Gasteiger charge is 2.09. The van der Waals surface area contributed by atoms with Crippen LogP contribution in [0.15, 0.2) is 127 Å². The van der Waals surface area contributed by atoms with E-state index in [0.29, 0.717) is 17.8 Å². The summed E-state index contributed by atoms with van der Waals surface area (Å²) in [5, 5.41) is 0. The molecule has 5 aromatic carbocycles. The summed E-state index contributed by atoms with van der Waals surface area (Å²) in [5.74, 6) is 4.81. The Balaban J connectivity index is 0.000000350. The summed E-state index contributed by atoms with van der Waals surface area (Å²) in [6, 6.07) is 44.1. The molecule has 0 nitrogen and oxygen atoms in total. The van der Waals surface area contributed by atoms with Crippen molar-refractivity contribution < 1.29 is 4.39 Å². The summed E-state index contributed by atoms with van der Waals surface area (Å²) in [7, 11) is 0. The molecule has 0 bridgehead atoms. The molecule has 0 amide bonds. The lowest BCUT2D eigenvalue weighted by atomic mass is 9.90. The smallest absolute Gasteiger partial charge is 0.123 e. The summed E-state index contributed by atoms with van der Waals surface area (Å²) < 4.78 is 12.9. The van der Waals surface area contributed by atoms with Crippen molar-refractivity contribution in [3.05, 3.63) is 178 Å². The van der Waals surface area contributed by atoms with E-state index in [1.54, 1.807) is 12.1 Å². The molecule has 0 aliphatic carbocycles. The second-order valence-electron chi connectivity index (χ2n) is 17.8. The third-order valence-corrected chi connectivity index (χ3v) is 9.93. The molecule has 0 spiro atoms. The molecule has 0 aromatic heterocycles. The van der Waals surface area contributed by atoms with Crippen LogP contribution in [0.1, 0.15) is 139 Å². The first-order valence-electron chi connectivity index (χ1n) is 21.3. The lowest BCUT2D eigenvalue weighted by molar-refractivity contribution is 0.535. The van der Waals surface area contributed by atoms with Gasteiger partial charge in [-0.15, -0.1) is 0 Å². The average Bonchev–Trinajstić information content (AvgIpc) is 3.13. The highest BCUT2D eigenvalue weighted by atomic mass is 19.1. The Labute approximate surface area is 345 Å². The Morgan fingerprint density at radius 1 is 0.357 bits per heavy atom. The minimum absolute atomic E-state index is 0.120. The molecule has 0 N–H and O–H groups in total. The molecule has 0 heterocycles. The standard InChI is InChI=1S/C12H18.C11H15F.2C11H16.C10H14/c1-9(2)11(4)12-7-5-10(3)6-8-12;1-8(2)4-10-5-9(3)6-11(12)7-10;1-9(2)8-11-6-4-10(3)5-7-11;1-9(2)10(3)11-7-5-4-6-8-11;1-9(2)8-10-6-4-3-5-7-10/h5-9,11H,1-4H3;5-8H,4H2,1-3H3;4-7,9H,8H2,1-3H3;4-10H,1-3H3;3-7,9H,8H2,1-2H3. The Morgan fingerprint density at radius 3 is 1.11 bits per heavy atom. The Morgan fingerprint density at radius 2 is 0.714 bits per heavy atom. The molecule has 0 saturated heterocycles. The van der Waals surface area contributed by atoms with Gasteiger partial charge in [0.1, 0.15) is 5.82 Å². The summed E-state index contributed by atoms with van der Waals surface area (Å²) in [6.45, 7) is 33.1. The fraction of sp³-hybridized carbons (Fsp3) is 0.455. The molecule has 0 aliphatic rings. The van der Waals surface area contributed by atoms with E-state index < -0.39 is 0 Å². The number of halogens is 1. The van der Waals surface area contributed by atoms with Crippen molar-refractivity contribution in [2.75, 3.05) is 0 Å². The predicted molar refractivity (Wildman–Crippen MR) is 249 cm³/mol. The van der Waals surface area contributed by atoms with E-state index in [1.165, 1.54) is 46.2 Å². The van der Waals surface area contributed by atoms with E-state index in [2.05, 4.69) is 206 Å². The zero-order valence-corrected chi connectivity index (χ0v) is 38.2. The van der Waals surface area contributed by atoms with Crippen LogP contribution >= 0.6 is 0 Å². The molecule has 5 rings (SSSR count). The SMILES string of the molecule is CC(C)C(C)c1ccccc1.CC(C)Cc1ccccc1.Cc1cc(F)cc(CC(C)C)c1.Cc1ccc(C(C)C(C)C)cc1.Cc1ccc(CC(C)C)cc1. The van der Waals surface area contributed by atoms with Crippen LogP contribution in [0, 0.1) is 56.2 Å². The van der Waals surface area contributed by atoms with Crippen LogP contribution in [0.25, 0.3) is 0 Å². The van der Waals surface area contributed by atoms with E-state index in [9.17, 15) is 4.39 Å². The van der Waals surface area contributed by atoms with Gasteiger partial charge in [0.05, 0.1) is 0 Å². The number of benzene rings is 5. The molecular formula is C55H79F. The van der Waals surface area contributed by atoms with Crippen molar-refractivity contribution in [2.24, 2.45) is 29.6 Å². The molecule has 306 valence electrons. The third-order valence-electron chi connectivity index (χ3n) is 9.93. The zero-order valence-electron chi connectivity index (χ0n) is 38.2. The fourth-order valence-corrected chi connectivity index (χ4v) is 6.08. The molecular weight excluding hydrogens is 680 g/mol. The van der Waals surface area contributed by atoms with E-state index in [4.69, 9.17) is 0 Å². The molecule has 0 aliphatic heterocycles. The van der Waals surface area contributed by atoms with E-state index >= 15 is 0 Å². The highest BCUT2D eigenvalue weighted by molar-refractivity contribution is 5.25. The lowest BCUT2D eigenvalue weighted by Gasteiger charge is -2.15. The molecule has 2 atom stereocenters. The Bertz CT molecular complexity index is 1660. The summed E-state index contributed by atoms with van der Waals surface area (Å²) in [6.07, 6.45) is 3.35. The van der Waals surface area contributed by atoms with Crippen LogP contribution < -0.4 is 0 Å². The van der Waals surface area contributed by atoms with Gasteiger partial charge in [-0.05, 0) is 127 Å². The third kappa shape index (κ3) is 23.2. The predicted octanol–water partition coefficient (Wildman–Crippen LogP) is 16.6. The van der Waals surface area contributed by atoms with Crippen LogP contribution in [-0.2, 0) is 19.3 Å². The van der Waals surface area contributed by atoms with Crippen molar-refractivity contribution >= 4 is 0 Å². The quantitative estimate of drug-likeness (QED) is 0.133. The molecule has 2 unspecified atom stereocenters. The second kappa shape index (κ2) is 27.6. The number of aryl methyl sites for hydroxylation is 3. The summed E-state index contributed by atoms with van der Waals surface area (Å²) in [5.41, 5.74) is 10.6. The van der Waals surface area contributed by atoms with Gasteiger partial charge in [-0.2, -0.15) is 0 Å². The highest BCUT2D eigenvalue weighted by Crippen LogP contribution is 2.24. The van der Waals surface area contributed by atoms with Gasteiger partial charge in [0.15, 0.2) is 0 Å². The second-order valence-corrected chi connectivity index (χ2v) is 17.8. The van der Waals surface area contributed by atoms with Gasteiger partial charge < -0.3 is 0 Å². The molecule has 0 fully saturated rings. The average molecular weight is 759 g/mol. The van der Waals surface area contributed by atoms with Gasteiger partial charge >= 0.3 is 0 Å². The van der Waals surface area contributed by atoms with Crippen LogP contribution in [0.5, 0.6) is 0 Å². The Kier molecular flexibility index (Phi) is 24.7. The topological polar surface area (TPSA) is 0 Å². The van der Waals surface area contributed by atoms with Gasteiger partial charge in [-0.3, -0.25) is 0 Å².